The van der Waals surface area contributed by atoms with E-state index < -0.39 is 0 Å². The SMILES string of the molecule is CC(C)(CCOC(C)(C)CCN)CNc1ncnc2c1ncn2[C@H]1CCCO1. The van der Waals surface area contributed by atoms with Gasteiger partial charge in [0.15, 0.2) is 17.0 Å². The highest BCUT2D eigenvalue weighted by molar-refractivity contribution is 5.82. The molecule has 0 aliphatic carbocycles. The van der Waals surface area contributed by atoms with Crippen LogP contribution in [0.4, 0.5) is 5.82 Å². The van der Waals surface area contributed by atoms with E-state index in [2.05, 4.69) is 48.0 Å². The Balaban J connectivity index is 1.59. The van der Waals surface area contributed by atoms with Crippen LogP contribution in [0.3, 0.4) is 0 Å². The topological polar surface area (TPSA) is 100 Å². The number of hydrogen-bond donors (Lipinski definition) is 2. The highest BCUT2D eigenvalue weighted by Crippen LogP contribution is 2.29. The predicted octanol–water partition coefficient (Wildman–Crippen LogP) is 3.11. The van der Waals surface area contributed by atoms with Crippen molar-refractivity contribution in [2.24, 2.45) is 11.1 Å². The summed E-state index contributed by atoms with van der Waals surface area (Å²) in [5, 5.41) is 3.46. The first-order chi connectivity index (χ1) is 13.3. The molecule has 1 fully saturated rings. The van der Waals surface area contributed by atoms with E-state index in [-0.39, 0.29) is 17.2 Å². The van der Waals surface area contributed by atoms with E-state index in [1.807, 2.05) is 4.57 Å². The summed E-state index contributed by atoms with van der Waals surface area (Å²) in [6.07, 6.45) is 7.27. The third-order valence-corrected chi connectivity index (χ3v) is 5.33. The standard InChI is InChI=1S/C20H34N6O2/c1-19(2,8-11-28-20(3,4)7-9-21)12-22-17-16-18(24-13-23-17)26(14-25-16)15-6-5-10-27-15/h13-15H,5-12,21H2,1-4H3,(H,22,23,24)/t15-/m1/s1. The van der Waals surface area contributed by atoms with E-state index in [1.54, 1.807) is 12.7 Å². The molecule has 0 saturated carbocycles. The van der Waals surface area contributed by atoms with Gasteiger partial charge in [0.1, 0.15) is 12.6 Å². The van der Waals surface area contributed by atoms with Gasteiger partial charge in [-0.15, -0.1) is 0 Å². The van der Waals surface area contributed by atoms with Crippen LogP contribution in [0, 0.1) is 5.41 Å². The van der Waals surface area contributed by atoms with Crippen molar-refractivity contribution in [3.8, 4) is 0 Å². The molecule has 3 heterocycles. The molecule has 0 spiro atoms. The zero-order valence-corrected chi connectivity index (χ0v) is 17.6. The number of anilines is 1. The molecule has 0 unspecified atom stereocenters. The first kappa shape index (κ1) is 21.0. The van der Waals surface area contributed by atoms with E-state index in [4.69, 9.17) is 15.2 Å². The summed E-state index contributed by atoms with van der Waals surface area (Å²) in [6, 6.07) is 0. The molecule has 1 saturated heterocycles. The van der Waals surface area contributed by atoms with Crippen molar-refractivity contribution in [1.29, 1.82) is 0 Å². The average molecular weight is 391 g/mol. The maximum absolute atomic E-state index is 6.03. The van der Waals surface area contributed by atoms with Gasteiger partial charge in [-0.05, 0) is 51.5 Å². The van der Waals surface area contributed by atoms with Gasteiger partial charge in [0.25, 0.3) is 0 Å². The first-order valence-corrected chi connectivity index (χ1v) is 10.2. The van der Waals surface area contributed by atoms with E-state index >= 15 is 0 Å². The molecule has 0 bridgehead atoms. The Morgan fingerprint density at radius 3 is 2.79 bits per heavy atom. The number of nitrogens with two attached hydrogens (primary N) is 1. The third kappa shape index (κ3) is 5.18. The quantitative estimate of drug-likeness (QED) is 0.643. The Kier molecular flexibility index (Phi) is 6.52. The van der Waals surface area contributed by atoms with Gasteiger partial charge in [-0.2, -0.15) is 0 Å². The molecule has 1 aliphatic rings. The third-order valence-electron chi connectivity index (χ3n) is 5.33. The van der Waals surface area contributed by atoms with Crippen molar-refractivity contribution in [2.75, 3.05) is 31.6 Å². The van der Waals surface area contributed by atoms with E-state index in [1.165, 1.54) is 0 Å². The molecule has 0 radical (unpaired) electrons. The normalized spacial score (nSPS) is 18.1. The number of fused-ring (bicyclic) bond motifs is 1. The molecule has 1 aliphatic heterocycles. The van der Waals surface area contributed by atoms with Gasteiger partial charge in [-0.1, -0.05) is 13.8 Å². The van der Waals surface area contributed by atoms with Crippen molar-refractivity contribution in [3.63, 3.8) is 0 Å². The van der Waals surface area contributed by atoms with Crippen LogP contribution in [-0.4, -0.2) is 51.4 Å². The average Bonchev–Trinajstić information content (AvgIpc) is 3.28. The summed E-state index contributed by atoms with van der Waals surface area (Å²) in [4.78, 5) is 13.4. The largest absolute Gasteiger partial charge is 0.376 e. The number of aromatic nitrogens is 4. The highest BCUT2D eigenvalue weighted by Gasteiger charge is 2.24. The Morgan fingerprint density at radius 2 is 2.07 bits per heavy atom. The first-order valence-electron chi connectivity index (χ1n) is 10.2. The predicted molar refractivity (Wildman–Crippen MR) is 110 cm³/mol. The summed E-state index contributed by atoms with van der Waals surface area (Å²) >= 11 is 0. The van der Waals surface area contributed by atoms with Crippen LogP contribution in [0.25, 0.3) is 11.2 Å². The number of ether oxygens (including phenoxy) is 2. The molecule has 28 heavy (non-hydrogen) atoms. The summed E-state index contributed by atoms with van der Waals surface area (Å²) < 4.78 is 13.8. The van der Waals surface area contributed by atoms with Crippen molar-refractivity contribution < 1.29 is 9.47 Å². The van der Waals surface area contributed by atoms with Crippen molar-refractivity contribution in [2.45, 2.75) is 65.2 Å². The second-order valence-corrected chi connectivity index (χ2v) is 8.93. The summed E-state index contributed by atoms with van der Waals surface area (Å²) in [7, 11) is 0. The molecular formula is C20H34N6O2. The molecular weight excluding hydrogens is 356 g/mol. The van der Waals surface area contributed by atoms with Gasteiger partial charge in [0.05, 0.1) is 11.9 Å². The number of hydrogen-bond acceptors (Lipinski definition) is 7. The van der Waals surface area contributed by atoms with Gasteiger partial charge in [0, 0.05) is 19.8 Å². The monoisotopic (exact) mass is 390 g/mol. The van der Waals surface area contributed by atoms with Crippen molar-refractivity contribution in [3.05, 3.63) is 12.7 Å². The maximum atomic E-state index is 6.03. The van der Waals surface area contributed by atoms with Crippen LogP contribution in [0.2, 0.25) is 0 Å². The van der Waals surface area contributed by atoms with Crippen LogP contribution >= 0.6 is 0 Å². The van der Waals surface area contributed by atoms with Crippen LogP contribution in [-0.2, 0) is 9.47 Å². The summed E-state index contributed by atoms with van der Waals surface area (Å²) in [5.74, 6) is 0.763. The van der Waals surface area contributed by atoms with Crippen LogP contribution in [0.15, 0.2) is 12.7 Å². The number of nitrogens with zero attached hydrogens (tertiary/aromatic N) is 4. The Hall–Kier alpha value is -1.77. The molecule has 8 nitrogen and oxygen atoms in total. The van der Waals surface area contributed by atoms with E-state index in [0.717, 1.165) is 55.8 Å². The molecule has 2 aromatic rings. The van der Waals surface area contributed by atoms with E-state index in [0.29, 0.717) is 13.2 Å². The van der Waals surface area contributed by atoms with Gasteiger partial charge >= 0.3 is 0 Å². The lowest BCUT2D eigenvalue weighted by molar-refractivity contribution is -0.0316. The smallest absolute Gasteiger partial charge is 0.167 e. The van der Waals surface area contributed by atoms with E-state index in [9.17, 15) is 0 Å². The summed E-state index contributed by atoms with van der Waals surface area (Å²) in [5.41, 5.74) is 7.13. The fourth-order valence-corrected chi connectivity index (χ4v) is 3.41. The molecule has 3 rings (SSSR count). The van der Waals surface area contributed by atoms with Gasteiger partial charge in [0.2, 0.25) is 0 Å². The van der Waals surface area contributed by atoms with Crippen molar-refractivity contribution in [1.82, 2.24) is 19.5 Å². The number of nitrogens with one attached hydrogen (secondary N) is 1. The molecule has 0 amide bonds. The minimum absolute atomic E-state index is 0.0261. The molecule has 3 N–H and O–H groups in total. The second-order valence-electron chi connectivity index (χ2n) is 8.93. The van der Waals surface area contributed by atoms with Gasteiger partial charge < -0.3 is 20.5 Å². The van der Waals surface area contributed by atoms with Crippen molar-refractivity contribution >= 4 is 17.0 Å². The van der Waals surface area contributed by atoms with Crippen LogP contribution < -0.4 is 11.1 Å². The lowest BCUT2D eigenvalue weighted by Crippen LogP contribution is -2.31. The van der Waals surface area contributed by atoms with Gasteiger partial charge in [-0.3, -0.25) is 4.57 Å². The fraction of sp³-hybridized carbons (Fsp3) is 0.750. The molecule has 156 valence electrons. The minimum atomic E-state index is -0.174. The molecule has 1 atom stereocenters. The van der Waals surface area contributed by atoms with Gasteiger partial charge in [-0.25, -0.2) is 15.0 Å². The lowest BCUT2D eigenvalue weighted by atomic mass is 9.89. The zero-order chi connectivity index (χ0) is 20.2. The Bertz CT molecular complexity index is 767. The lowest BCUT2D eigenvalue weighted by Gasteiger charge is -2.29. The number of rotatable bonds is 10. The zero-order valence-electron chi connectivity index (χ0n) is 17.6. The summed E-state index contributed by atoms with van der Waals surface area (Å²) in [6.45, 7) is 11.5. The second kappa shape index (κ2) is 8.71. The molecule has 2 aromatic heterocycles. The van der Waals surface area contributed by atoms with Crippen LogP contribution in [0.1, 0.15) is 59.6 Å². The molecule has 8 heteroatoms. The molecule has 0 aromatic carbocycles. The Morgan fingerprint density at radius 1 is 1.25 bits per heavy atom. The van der Waals surface area contributed by atoms with Crippen LogP contribution in [0.5, 0.6) is 0 Å². The maximum Gasteiger partial charge on any atom is 0.167 e. The minimum Gasteiger partial charge on any atom is -0.376 e. The number of imidazole rings is 1. The fourth-order valence-electron chi connectivity index (χ4n) is 3.41. The highest BCUT2D eigenvalue weighted by atomic mass is 16.5. The Labute approximate surface area is 167 Å².